The van der Waals surface area contributed by atoms with Crippen LogP contribution >= 0.6 is 0 Å². The van der Waals surface area contributed by atoms with E-state index >= 15 is 0 Å². The van der Waals surface area contributed by atoms with Crippen molar-refractivity contribution in [2.24, 2.45) is 0 Å². The highest BCUT2D eigenvalue weighted by molar-refractivity contribution is 5.41. The topological polar surface area (TPSA) is 50.9 Å². The molecule has 0 atom stereocenters. The number of aryl methyl sites for hydroxylation is 1. The molecule has 0 saturated carbocycles. The minimum atomic E-state index is -4.62. The molecule has 1 heterocycles. The maximum Gasteiger partial charge on any atom is 0.435 e. The predicted octanol–water partition coefficient (Wildman–Crippen LogP) is 2.09. The summed E-state index contributed by atoms with van der Waals surface area (Å²) in [5, 5.41) is 15.7. The zero-order valence-corrected chi connectivity index (χ0v) is 9.44. The van der Waals surface area contributed by atoms with Gasteiger partial charge in [-0.25, -0.2) is 4.68 Å². The summed E-state index contributed by atoms with van der Waals surface area (Å²) in [5.41, 5.74) is -0.598. The molecule has 1 N–H and O–H groups in total. The van der Waals surface area contributed by atoms with Gasteiger partial charge in [0, 0.05) is 0 Å². The summed E-state index contributed by atoms with van der Waals surface area (Å²) in [4.78, 5) is 0. The molecule has 0 fully saturated rings. The number of alkyl halides is 3. The van der Waals surface area contributed by atoms with Crippen molar-refractivity contribution in [1.29, 1.82) is 0 Å². The third-order valence-electron chi connectivity index (χ3n) is 2.50. The van der Waals surface area contributed by atoms with Gasteiger partial charge in [0.15, 0.2) is 5.69 Å². The molecule has 1 aromatic carbocycles. The average Bonchev–Trinajstić information content (AvgIpc) is 2.73. The lowest BCUT2D eigenvalue weighted by Gasteiger charge is -2.12. The minimum absolute atomic E-state index is 0.289. The molecular weight excluding hydrogens is 247 g/mol. The first-order valence-corrected chi connectivity index (χ1v) is 5.13. The van der Waals surface area contributed by atoms with Gasteiger partial charge < -0.3 is 5.11 Å². The summed E-state index contributed by atoms with van der Waals surface area (Å²) < 4.78 is 39.5. The van der Waals surface area contributed by atoms with Gasteiger partial charge in [0.1, 0.15) is 5.69 Å². The molecule has 0 aliphatic heterocycles. The van der Waals surface area contributed by atoms with Gasteiger partial charge in [-0.2, -0.15) is 13.2 Å². The Morgan fingerprint density at radius 3 is 2.50 bits per heavy atom. The van der Waals surface area contributed by atoms with E-state index in [1.54, 1.807) is 25.1 Å². The first-order chi connectivity index (χ1) is 8.45. The van der Waals surface area contributed by atoms with Crippen molar-refractivity contribution in [2.75, 3.05) is 0 Å². The summed E-state index contributed by atoms with van der Waals surface area (Å²) >= 11 is 0. The monoisotopic (exact) mass is 257 g/mol. The first-order valence-electron chi connectivity index (χ1n) is 5.13. The number of rotatable bonds is 2. The fraction of sp³-hybridized carbons (Fsp3) is 0.273. The van der Waals surface area contributed by atoms with Gasteiger partial charge in [-0.15, -0.1) is 5.10 Å². The molecule has 1 aromatic heterocycles. The summed E-state index contributed by atoms with van der Waals surface area (Å²) in [7, 11) is 0. The van der Waals surface area contributed by atoms with Crippen LogP contribution < -0.4 is 0 Å². The van der Waals surface area contributed by atoms with Crippen LogP contribution in [0.25, 0.3) is 5.69 Å². The van der Waals surface area contributed by atoms with E-state index in [1.165, 1.54) is 6.07 Å². The van der Waals surface area contributed by atoms with Crippen LogP contribution in [0.2, 0.25) is 0 Å². The SMILES string of the molecule is Cc1ccccc1-n1nnc(CO)c1C(F)(F)F. The van der Waals surface area contributed by atoms with E-state index in [9.17, 15) is 13.2 Å². The molecule has 0 spiro atoms. The largest absolute Gasteiger partial charge is 0.435 e. The fourth-order valence-electron chi connectivity index (χ4n) is 1.67. The maximum absolute atomic E-state index is 12.9. The standard InChI is InChI=1S/C11H10F3N3O/c1-7-4-2-3-5-9(7)17-10(11(12,13)14)8(6-18)15-16-17/h2-5,18H,6H2,1H3. The maximum atomic E-state index is 12.9. The first kappa shape index (κ1) is 12.6. The van der Waals surface area contributed by atoms with Gasteiger partial charge in [-0.05, 0) is 18.6 Å². The van der Waals surface area contributed by atoms with Crippen molar-refractivity contribution in [3.05, 3.63) is 41.2 Å². The van der Waals surface area contributed by atoms with Crippen molar-refractivity contribution in [2.45, 2.75) is 19.7 Å². The van der Waals surface area contributed by atoms with Crippen LogP contribution in [0.5, 0.6) is 0 Å². The van der Waals surface area contributed by atoms with Crippen LogP contribution in [-0.4, -0.2) is 20.1 Å². The molecule has 0 radical (unpaired) electrons. The van der Waals surface area contributed by atoms with E-state index in [2.05, 4.69) is 10.3 Å². The number of aliphatic hydroxyl groups excluding tert-OH is 1. The van der Waals surface area contributed by atoms with Crippen LogP contribution in [0, 0.1) is 6.92 Å². The molecular formula is C11H10F3N3O. The quantitative estimate of drug-likeness (QED) is 0.896. The molecule has 7 heteroatoms. The fourth-order valence-corrected chi connectivity index (χ4v) is 1.67. The van der Waals surface area contributed by atoms with Gasteiger partial charge in [-0.1, -0.05) is 23.4 Å². The lowest BCUT2D eigenvalue weighted by molar-refractivity contribution is -0.143. The van der Waals surface area contributed by atoms with Crippen LogP contribution in [0.1, 0.15) is 17.0 Å². The van der Waals surface area contributed by atoms with Gasteiger partial charge >= 0.3 is 6.18 Å². The van der Waals surface area contributed by atoms with Crippen molar-refractivity contribution in [1.82, 2.24) is 15.0 Å². The molecule has 18 heavy (non-hydrogen) atoms. The predicted molar refractivity (Wildman–Crippen MR) is 57.0 cm³/mol. The number of hydrogen-bond acceptors (Lipinski definition) is 3. The zero-order chi connectivity index (χ0) is 13.3. The smallest absolute Gasteiger partial charge is 0.390 e. The lowest BCUT2D eigenvalue weighted by Crippen LogP contribution is -2.16. The Balaban J connectivity index is 2.66. The van der Waals surface area contributed by atoms with E-state index in [0.717, 1.165) is 0 Å². The van der Waals surface area contributed by atoms with Gasteiger partial charge in [0.05, 0.1) is 12.3 Å². The minimum Gasteiger partial charge on any atom is -0.390 e. The number of nitrogens with zero attached hydrogens (tertiary/aromatic N) is 3. The Morgan fingerprint density at radius 1 is 1.28 bits per heavy atom. The number of benzene rings is 1. The molecule has 0 saturated heterocycles. The number of aliphatic hydroxyl groups is 1. The molecule has 0 unspecified atom stereocenters. The molecule has 0 aliphatic rings. The molecule has 0 amide bonds. The summed E-state index contributed by atoms with van der Waals surface area (Å²) in [6, 6.07) is 6.52. The van der Waals surface area contributed by atoms with Crippen LogP contribution in [0.3, 0.4) is 0 Å². The molecule has 2 rings (SSSR count). The average molecular weight is 257 g/mol. The third kappa shape index (κ3) is 2.08. The summed E-state index contributed by atoms with van der Waals surface area (Å²) in [5.74, 6) is 0. The lowest BCUT2D eigenvalue weighted by atomic mass is 10.2. The van der Waals surface area contributed by atoms with Crippen molar-refractivity contribution in [3.63, 3.8) is 0 Å². The van der Waals surface area contributed by atoms with Gasteiger partial charge in [0.2, 0.25) is 0 Å². The number of aromatic nitrogens is 3. The Morgan fingerprint density at radius 2 is 1.94 bits per heavy atom. The van der Waals surface area contributed by atoms with Crippen molar-refractivity contribution in [3.8, 4) is 5.69 Å². The Kier molecular flexibility index (Phi) is 3.08. The zero-order valence-electron chi connectivity index (χ0n) is 9.44. The molecule has 4 nitrogen and oxygen atoms in total. The van der Waals surface area contributed by atoms with Gasteiger partial charge in [0.25, 0.3) is 0 Å². The number of para-hydroxylation sites is 1. The molecule has 2 aromatic rings. The highest BCUT2D eigenvalue weighted by Crippen LogP contribution is 2.33. The summed E-state index contributed by atoms with van der Waals surface area (Å²) in [6.45, 7) is 0.872. The van der Waals surface area contributed by atoms with E-state index in [4.69, 9.17) is 5.11 Å². The molecule has 96 valence electrons. The Bertz CT molecular complexity index is 563. The van der Waals surface area contributed by atoms with Crippen molar-refractivity contribution < 1.29 is 18.3 Å². The number of halogens is 3. The molecule has 0 bridgehead atoms. The third-order valence-corrected chi connectivity index (χ3v) is 2.50. The second-order valence-electron chi connectivity index (χ2n) is 3.74. The van der Waals surface area contributed by atoms with Crippen LogP contribution in [0.4, 0.5) is 13.2 Å². The van der Waals surface area contributed by atoms with Crippen LogP contribution in [0.15, 0.2) is 24.3 Å². The van der Waals surface area contributed by atoms with E-state index in [0.29, 0.717) is 10.2 Å². The highest BCUT2D eigenvalue weighted by Gasteiger charge is 2.39. The van der Waals surface area contributed by atoms with E-state index in [-0.39, 0.29) is 5.69 Å². The van der Waals surface area contributed by atoms with E-state index < -0.39 is 24.2 Å². The second kappa shape index (κ2) is 4.41. The van der Waals surface area contributed by atoms with Crippen molar-refractivity contribution >= 4 is 0 Å². The normalized spacial score (nSPS) is 11.8. The number of hydrogen-bond donors (Lipinski definition) is 1. The second-order valence-corrected chi connectivity index (χ2v) is 3.74. The molecule has 0 aliphatic carbocycles. The van der Waals surface area contributed by atoms with E-state index in [1.807, 2.05) is 0 Å². The highest BCUT2D eigenvalue weighted by atomic mass is 19.4. The van der Waals surface area contributed by atoms with Crippen LogP contribution in [-0.2, 0) is 12.8 Å². The van der Waals surface area contributed by atoms with Gasteiger partial charge in [-0.3, -0.25) is 0 Å². The Hall–Kier alpha value is -1.89. The summed E-state index contributed by atoms with van der Waals surface area (Å²) in [6.07, 6.45) is -4.62. The Labute approximate surface area is 101 Å².